The predicted octanol–water partition coefficient (Wildman–Crippen LogP) is 3.15. The second kappa shape index (κ2) is 6.99. The van der Waals surface area contributed by atoms with E-state index < -0.39 is 0 Å². The van der Waals surface area contributed by atoms with Gasteiger partial charge in [0.15, 0.2) is 10.9 Å². The number of ketones is 1. The number of nitrogens with zero attached hydrogens (tertiary/aromatic N) is 1. The number of hydrogen-bond donors (Lipinski definition) is 2. The molecular formula is C15H17N3O2S. The van der Waals surface area contributed by atoms with E-state index in [1.165, 1.54) is 11.3 Å². The Labute approximate surface area is 127 Å². The van der Waals surface area contributed by atoms with Gasteiger partial charge in [0.1, 0.15) is 0 Å². The van der Waals surface area contributed by atoms with Gasteiger partial charge in [-0.25, -0.2) is 9.78 Å². The number of benzene rings is 1. The van der Waals surface area contributed by atoms with Crippen LogP contribution < -0.4 is 10.6 Å². The molecule has 6 heteroatoms. The molecule has 0 saturated heterocycles. The van der Waals surface area contributed by atoms with Crippen molar-refractivity contribution >= 4 is 28.3 Å². The first-order chi connectivity index (χ1) is 10.0. The molecule has 0 radical (unpaired) electrons. The van der Waals surface area contributed by atoms with E-state index >= 15 is 0 Å². The summed E-state index contributed by atoms with van der Waals surface area (Å²) in [7, 11) is 0. The highest BCUT2D eigenvalue weighted by Crippen LogP contribution is 2.13. The minimum absolute atomic E-state index is 0.0143. The molecule has 2 aromatic rings. The first kappa shape index (κ1) is 15.2. The van der Waals surface area contributed by atoms with E-state index in [4.69, 9.17) is 0 Å². The summed E-state index contributed by atoms with van der Waals surface area (Å²) >= 11 is 1.37. The zero-order valence-electron chi connectivity index (χ0n) is 12.0. The van der Waals surface area contributed by atoms with E-state index in [9.17, 15) is 9.59 Å². The van der Waals surface area contributed by atoms with Crippen LogP contribution in [0.2, 0.25) is 0 Å². The second-order valence-electron chi connectivity index (χ2n) is 4.71. The summed E-state index contributed by atoms with van der Waals surface area (Å²) in [6.45, 7) is 4.13. The molecule has 0 bridgehead atoms. The normalized spacial score (nSPS) is 10.2. The molecule has 0 atom stereocenters. The van der Waals surface area contributed by atoms with E-state index in [-0.39, 0.29) is 18.2 Å². The molecule has 0 aliphatic carbocycles. The van der Waals surface area contributed by atoms with E-state index in [0.29, 0.717) is 17.2 Å². The number of urea groups is 1. The lowest BCUT2D eigenvalue weighted by molar-refractivity contribution is 0.0984. The second-order valence-corrected chi connectivity index (χ2v) is 5.57. The molecule has 2 rings (SSSR count). The fourth-order valence-electron chi connectivity index (χ4n) is 1.73. The number of hydrogen-bond acceptors (Lipinski definition) is 4. The van der Waals surface area contributed by atoms with Gasteiger partial charge in [-0.3, -0.25) is 10.1 Å². The molecule has 0 saturated carbocycles. The van der Waals surface area contributed by atoms with Crippen LogP contribution in [0.5, 0.6) is 0 Å². The zero-order chi connectivity index (χ0) is 15.2. The van der Waals surface area contributed by atoms with Crippen LogP contribution in [0.25, 0.3) is 0 Å². The van der Waals surface area contributed by atoms with Crippen molar-refractivity contribution in [3.8, 4) is 0 Å². The Kier molecular flexibility index (Phi) is 5.05. The summed E-state index contributed by atoms with van der Waals surface area (Å²) in [4.78, 5) is 27.7. The van der Waals surface area contributed by atoms with Gasteiger partial charge in [0.05, 0.1) is 5.69 Å². The molecule has 0 unspecified atom stereocenters. The number of thiazole rings is 1. The smallest absolute Gasteiger partial charge is 0.321 e. The van der Waals surface area contributed by atoms with Crippen LogP contribution in [0.4, 0.5) is 9.93 Å². The average Bonchev–Trinajstić information content (AvgIpc) is 2.84. The van der Waals surface area contributed by atoms with Gasteiger partial charge in [0.2, 0.25) is 0 Å². The topological polar surface area (TPSA) is 71.1 Å². The number of Topliss-reactive ketones (excluding diaryl/α,β-unsaturated/α-hetero) is 1. The van der Waals surface area contributed by atoms with Gasteiger partial charge in [-0.2, -0.15) is 0 Å². The third kappa shape index (κ3) is 4.68. The summed E-state index contributed by atoms with van der Waals surface area (Å²) in [5, 5.41) is 7.69. The molecule has 1 aromatic heterocycles. The summed E-state index contributed by atoms with van der Waals surface area (Å²) in [6, 6.07) is 7.06. The van der Waals surface area contributed by atoms with Crippen molar-refractivity contribution in [1.82, 2.24) is 10.3 Å². The van der Waals surface area contributed by atoms with Crippen molar-refractivity contribution in [2.75, 3.05) is 11.9 Å². The number of carbonyl (C=O) groups is 2. The number of anilines is 1. The van der Waals surface area contributed by atoms with E-state index in [1.54, 1.807) is 12.1 Å². The van der Waals surface area contributed by atoms with Crippen LogP contribution in [-0.4, -0.2) is 23.3 Å². The molecule has 5 nitrogen and oxygen atoms in total. The van der Waals surface area contributed by atoms with Crippen molar-refractivity contribution in [1.29, 1.82) is 0 Å². The Bertz CT molecular complexity index is 635. The standard InChI is InChI=1S/C15H17N3O2S/c1-10-3-5-12(6-4-10)13(19)7-8-16-14(20)18-15-17-11(2)9-21-15/h3-6,9H,7-8H2,1-2H3,(H2,16,17,18,20). The van der Waals surface area contributed by atoms with Crippen molar-refractivity contribution < 1.29 is 9.59 Å². The minimum atomic E-state index is -0.346. The number of rotatable bonds is 5. The summed E-state index contributed by atoms with van der Waals surface area (Å²) in [5.74, 6) is 0.0143. The van der Waals surface area contributed by atoms with Crippen LogP contribution in [0.15, 0.2) is 29.6 Å². The van der Waals surface area contributed by atoms with E-state index in [0.717, 1.165) is 11.3 Å². The molecule has 0 spiro atoms. The monoisotopic (exact) mass is 303 g/mol. The Balaban J connectivity index is 1.74. The highest BCUT2D eigenvalue weighted by Gasteiger charge is 2.08. The van der Waals surface area contributed by atoms with Gasteiger partial charge in [-0.1, -0.05) is 29.8 Å². The highest BCUT2D eigenvalue weighted by molar-refractivity contribution is 7.13. The van der Waals surface area contributed by atoms with Crippen LogP contribution in [0, 0.1) is 13.8 Å². The average molecular weight is 303 g/mol. The fraction of sp³-hybridized carbons (Fsp3) is 0.267. The van der Waals surface area contributed by atoms with Crippen LogP contribution in [-0.2, 0) is 0 Å². The lowest BCUT2D eigenvalue weighted by atomic mass is 10.1. The minimum Gasteiger partial charge on any atom is -0.337 e. The molecule has 0 aliphatic heterocycles. The van der Waals surface area contributed by atoms with Crippen LogP contribution in [0.1, 0.15) is 28.0 Å². The van der Waals surface area contributed by atoms with Gasteiger partial charge < -0.3 is 5.32 Å². The molecule has 0 fully saturated rings. The van der Waals surface area contributed by atoms with Gasteiger partial charge in [0, 0.05) is 23.9 Å². The molecule has 0 aliphatic rings. The van der Waals surface area contributed by atoms with Crippen molar-refractivity contribution in [3.63, 3.8) is 0 Å². The summed E-state index contributed by atoms with van der Waals surface area (Å²) in [5.41, 5.74) is 2.64. The maximum atomic E-state index is 11.9. The lowest BCUT2D eigenvalue weighted by Crippen LogP contribution is -2.30. The first-order valence-electron chi connectivity index (χ1n) is 6.61. The van der Waals surface area contributed by atoms with Gasteiger partial charge in [0.25, 0.3) is 0 Å². The Hall–Kier alpha value is -2.21. The number of aromatic nitrogens is 1. The number of amides is 2. The molecule has 1 heterocycles. The predicted molar refractivity (Wildman–Crippen MR) is 84.0 cm³/mol. The van der Waals surface area contributed by atoms with Crippen LogP contribution >= 0.6 is 11.3 Å². The highest BCUT2D eigenvalue weighted by atomic mass is 32.1. The van der Waals surface area contributed by atoms with E-state index in [2.05, 4.69) is 15.6 Å². The number of nitrogens with one attached hydrogen (secondary N) is 2. The van der Waals surface area contributed by atoms with Gasteiger partial charge >= 0.3 is 6.03 Å². The molecule has 21 heavy (non-hydrogen) atoms. The molecule has 1 aromatic carbocycles. The van der Waals surface area contributed by atoms with Crippen LogP contribution in [0.3, 0.4) is 0 Å². The molecule has 2 N–H and O–H groups in total. The Morgan fingerprint density at radius 1 is 1.19 bits per heavy atom. The summed E-state index contributed by atoms with van der Waals surface area (Å²) in [6.07, 6.45) is 0.271. The zero-order valence-corrected chi connectivity index (χ0v) is 12.8. The van der Waals surface area contributed by atoms with Crippen molar-refractivity contribution in [2.24, 2.45) is 0 Å². The third-order valence-electron chi connectivity index (χ3n) is 2.85. The maximum Gasteiger partial charge on any atom is 0.321 e. The van der Waals surface area contributed by atoms with Gasteiger partial charge in [-0.15, -0.1) is 11.3 Å². The van der Waals surface area contributed by atoms with Crippen molar-refractivity contribution in [3.05, 3.63) is 46.5 Å². The third-order valence-corrected chi connectivity index (χ3v) is 3.73. The quantitative estimate of drug-likeness (QED) is 0.833. The number of aryl methyl sites for hydroxylation is 2. The number of carbonyl (C=O) groups excluding carboxylic acids is 2. The molecule has 2 amide bonds. The maximum absolute atomic E-state index is 11.9. The Morgan fingerprint density at radius 3 is 2.52 bits per heavy atom. The molecule has 110 valence electrons. The largest absolute Gasteiger partial charge is 0.337 e. The van der Waals surface area contributed by atoms with Gasteiger partial charge in [-0.05, 0) is 13.8 Å². The van der Waals surface area contributed by atoms with E-state index in [1.807, 2.05) is 31.4 Å². The fourth-order valence-corrected chi connectivity index (χ4v) is 2.41. The van der Waals surface area contributed by atoms with Crippen molar-refractivity contribution in [2.45, 2.75) is 20.3 Å². The Morgan fingerprint density at radius 2 is 1.90 bits per heavy atom. The molecular weight excluding hydrogens is 286 g/mol. The lowest BCUT2D eigenvalue weighted by Gasteiger charge is -2.05. The summed E-state index contributed by atoms with van der Waals surface area (Å²) < 4.78 is 0. The first-order valence-corrected chi connectivity index (χ1v) is 7.49. The SMILES string of the molecule is Cc1ccc(C(=O)CCNC(=O)Nc2nc(C)cs2)cc1.